The smallest absolute Gasteiger partial charge is 0.326 e. The summed E-state index contributed by atoms with van der Waals surface area (Å²) in [6.45, 7) is -0.101. The van der Waals surface area contributed by atoms with Crippen LogP contribution in [-0.2, 0) is 14.4 Å². The van der Waals surface area contributed by atoms with E-state index in [9.17, 15) is 19.2 Å². The molecule has 2 rings (SSSR count). The summed E-state index contributed by atoms with van der Waals surface area (Å²) in [5, 5.41) is 3.05. The lowest BCUT2D eigenvalue weighted by Gasteiger charge is -2.33. The Kier molecular flexibility index (Phi) is 4.92. The first kappa shape index (κ1) is 16.6. The van der Waals surface area contributed by atoms with Crippen LogP contribution < -0.4 is 11.1 Å². The number of carbonyl (C=O) groups excluding carboxylic acids is 4. The van der Waals surface area contributed by atoms with E-state index in [0.29, 0.717) is 0 Å². The molecule has 0 spiro atoms. The summed E-state index contributed by atoms with van der Waals surface area (Å²) in [6.07, 6.45) is 3.89. The number of Topliss-reactive ketones (excluding diaryl/α,β-unsaturated/α-hetero) is 1. The molecule has 1 aliphatic carbocycles. The fourth-order valence-corrected chi connectivity index (χ4v) is 2.93. The Morgan fingerprint density at radius 3 is 2.23 bits per heavy atom. The average Bonchev–Trinajstić information content (AvgIpc) is 2.50. The van der Waals surface area contributed by atoms with Crippen molar-refractivity contribution in [3.8, 4) is 0 Å². The third kappa shape index (κ3) is 3.02. The Hall–Kier alpha value is -1.80. The molecule has 8 nitrogen and oxygen atoms in total. The van der Waals surface area contributed by atoms with Crippen LogP contribution in [0, 0.1) is 5.92 Å². The molecule has 3 N–H and O–H groups in total. The van der Waals surface area contributed by atoms with Crippen LogP contribution in [0.15, 0.2) is 0 Å². The van der Waals surface area contributed by atoms with Crippen molar-refractivity contribution in [2.24, 2.45) is 11.7 Å². The highest BCUT2D eigenvalue weighted by molar-refractivity contribution is 6.26. The van der Waals surface area contributed by atoms with Crippen LogP contribution in [0.1, 0.15) is 25.7 Å². The Bertz CT molecular complexity index is 483. The van der Waals surface area contributed by atoms with Crippen LogP contribution >= 0.6 is 0 Å². The van der Waals surface area contributed by atoms with Crippen molar-refractivity contribution in [3.63, 3.8) is 0 Å². The standard InChI is InChI=1S/C14H22N4O4/c1-17-12(20)11(13(21)18(2)14(17)22)10(19)7-16-9-6-4-3-5-8(9)15/h8-9,11,16H,3-7,15H2,1-2H3/t8-,9-/m0/s1. The van der Waals surface area contributed by atoms with E-state index in [-0.39, 0.29) is 18.6 Å². The van der Waals surface area contributed by atoms with Gasteiger partial charge in [-0.25, -0.2) is 4.79 Å². The van der Waals surface area contributed by atoms with Gasteiger partial charge in [0.15, 0.2) is 11.7 Å². The van der Waals surface area contributed by atoms with Crippen molar-refractivity contribution in [2.45, 2.75) is 37.8 Å². The molecule has 0 bridgehead atoms. The Morgan fingerprint density at radius 2 is 1.68 bits per heavy atom. The quantitative estimate of drug-likeness (QED) is 0.649. The normalized spacial score (nSPS) is 27.5. The first-order valence-electron chi connectivity index (χ1n) is 7.45. The lowest BCUT2D eigenvalue weighted by atomic mass is 9.90. The second-order valence-corrected chi connectivity index (χ2v) is 5.91. The first-order valence-corrected chi connectivity index (χ1v) is 7.45. The molecule has 4 amide bonds. The van der Waals surface area contributed by atoms with Gasteiger partial charge in [-0.3, -0.25) is 24.2 Å². The molecule has 0 unspecified atom stereocenters. The number of rotatable bonds is 4. The number of urea groups is 1. The number of ketones is 1. The van der Waals surface area contributed by atoms with Gasteiger partial charge in [0.25, 0.3) is 11.8 Å². The minimum Gasteiger partial charge on any atom is -0.326 e. The molecule has 1 aliphatic heterocycles. The highest BCUT2D eigenvalue weighted by Gasteiger charge is 2.46. The minimum absolute atomic E-state index is 0.0172. The molecule has 2 fully saturated rings. The van der Waals surface area contributed by atoms with Crippen molar-refractivity contribution < 1.29 is 19.2 Å². The number of nitrogens with two attached hydrogens (primary N) is 1. The summed E-state index contributed by atoms with van der Waals surface area (Å²) in [5.41, 5.74) is 5.99. The summed E-state index contributed by atoms with van der Waals surface area (Å²) >= 11 is 0. The molecule has 1 saturated heterocycles. The van der Waals surface area contributed by atoms with Crippen molar-refractivity contribution in [2.75, 3.05) is 20.6 Å². The molecule has 1 heterocycles. The van der Waals surface area contributed by atoms with E-state index in [4.69, 9.17) is 5.73 Å². The van der Waals surface area contributed by atoms with Crippen LogP contribution in [0.25, 0.3) is 0 Å². The lowest BCUT2D eigenvalue weighted by molar-refractivity contribution is -0.151. The molecular weight excluding hydrogens is 288 g/mol. The second-order valence-electron chi connectivity index (χ2n) is 5.91. The van der Waals surface area contributed by atoms with Gasteiger partial charge < -0.3 is 11.1 Å². The zero-order chi connectivity index (χ0) is 16.4. The second kappa shape index (κ2) is 6.53. The average molecular weight is 310 g/mol. The van der Waals surface area contributed by atoms with Crippen LogP contribution in [-0.4, -0.2) is 66.2 Å². The third-order valence-electron chi connectivity index (χ3n) is 4.41. The summed E-state index contributed by atoms with van der Waals surface area (Å²) in [6, 6.07) is -0.726. The number of barbiturate groups is 1. The van der Waals surface area contributed by atoms with Crippen molar-refractivity contribution >= 4 is 23.6 Å². The fraction of sp³-hybridized carbons (Fsp3) is 0.714. The third-order valence-corrected chi connectivity index (χ3v) is 4.41. The van der Waals surface area contributed by atoms with Gasteiger partial charge in [-0.05, 0) is 12.8 Å². The molecule has 0 aromatic carbocycles. The van der Waals surface area contributed by atoms with Gasteiger partial charge in [-0.15, -0.1) is 0 Å². The number of nitrogens with one attached hydrogen (secondary N) is 1. The number of carbonyl (C=O) groups is 4. The predicted molar refractivity (Wildman–Crippen MR) is 77.7 cm³/mol. The molecule has 2 aliphatic rings. The molecule has 0 aromatic rings. The molecule has 0 aromatic heterocycles. The van der Waals surface area contributed by atoms with Gasteiger partial charge in [0.2, 0.25) is 0 Å². The maximum Gasteiger partial charge on any atom is 0.332 e. The van der Waals surface area contributed by atoms with Gasteiger partial charge in [0.05, 0.1) is 6.54 Å². The Labute approximate surface area is 129 Å². The maximum atomic E-state index is 12.3. The summed E-state index contributed by atoms with van der Waals surface area (Å²) in [4.78, 5) is 49.6. The van der Waals surface area contributed by atoms with Crippen LogP contribution in [0.3, 0.4) is 0 Å². The zero-order valence-corrected chi connectivity index (χ0v) is 12.9. The van der Waals surface area contributed by atoms with E-state index >= 15 is 0 Å². The van der Waals surface area contributed by atoms with E-state index in [2.05, 4.69) is 5.32 Å². The van der Waals surface area contributed by atoms with Crippen molar-refractivity contribution in [3.05, 3.63) is 0 Å². The number of nitrogens with zero attached hydrogens (tertiary/aromatic N) is 2. The van der Waals surface area contributed by atoms with Crippen LogP contribution in [0.4, 0.5) is 4.79 Å². The summed E-state index contributed by atoms with van der Waals surface area (Å²) in [7, 11) is 2.52. The highest BCUT2D eigenvalue weighted by atomic mass is 16.2. The monoisotopic (exact) mass is 310 g/mol. The predicted octanol–water partition coefficient (Wildman–Crippen LogP) is -0.918. The Balaban J connectivity index is 2.00. The van der Waals surface area contributed by atoms with Gasteiger partial charge in [-0.1, -0.05) is 12.8 Å². The molecule has 2 atom stereocenters. The molecule has 1 saturated carbocycles. The van der Waals surface area contributed by atoms with E-state index in [1.54, 1.807) is 0 Å². The van der Waals surface area contributed by atoms with Gasteiger partial charge in [-0.2, -0.15) is 0 Å². The number of amides is 4. The summed E-state index contributed by atoms with van der Waals surface area (Å²) in [5.74, 6) is -3.51. The molecular formula is C14H22N4O4. The Morgan fingerprint density at radius 1 is 1.14 bits per heavy atom. The van der Waals surface area contributed by atoms with E-state index in [1.807, 2.05) is 0 Å². The molecule has 22 heavy (non-hydrogen) atoms. The van der Waals surface area contributed by atoms with Gasteiger partial charge in [0.1, 0.15) is 0 Å². The molecule has 8 heteroatoms. The SMILES string of the molecule is CN1C(=O)C(C(=O)CN[C@H]2CCCC[C@@H]2N)C(=O)N(C)C1=O. The van der Waals surface area contributed by atoms with Crippen molar-refractivity contribution in [1.29, 1.82) is 0 Å². The summed E-state index contributed by atoms with van der Waals surface area (Å²) < 4.78 is 0. The molecule has 122 valence electrons. The fourth-order valence-electron chi connectivity index (χ4n) is 2.93. The topological polar surface area (TPSA) is 113 Å². The molecule has 0 radical (unpaired) electrons. The highest BCUT2D eigenvalue weighted by Crippen LogP contribution is 2.18. The van der Waals surface area contributed by atoms with Crippen molar-refractivity contribution in [1.82, 2.24) is 15.1 Å². The maximum absolute atomic E-state index is 12.3. The number of hydrogen-bond acceptors (Lipinski definition) is 6. The largest absolute Gasteiger partial charge is 0.332 e. The zero-order valence-electron chi connectivity index (χ0n) is 12.9. The van der Waals surface area contributed by atoms with Crippen LogP contribution in [0.5, 0.6) is 0 Å². The lowest BCUT2D eigenvalue weighted by Crippen LogP contribution is -2.60. The van der Waals surface area contributed by atoms with E-state index in [0.717, 1.165) is 35.5 Å². The van der Waals surface area contributed by atoms with E-state index in [1.165, 1.54) is 14.1 Å². The number of imide groups is 2. The van der Waals surface area contributed by atoms with Gasteiger partial charge in [0, 0.05) is 26.2 Å². The van der Waals surface area contributed by atoms with Gasteiger partial charge >= 0.3 is 6.03 Å². The minimum atomic E-state index is -1.44. The number of hydrogen-bond donors (Lipinski definition) is 2. The van der Waals surface area contributed by atoms with Crippen LogP contribution in [0.2, 0.25) is 0 Å². The van der Waals surface area contributed by atoms with E-state index < -0.39 is 29.5 Å². The first-order chi connectivity index (χ1) is 10.3.